The molecule has 92 valence electrons. The minimum absolute atomic E-state index is 0.186. The van der Waals surface area contributed by atoms with Crippen LogP contribution in [0.5, 0.6) is 5.75 Å². The first-order valence-electron chi connectivity index (χ1n) is 5.86. The maximum Gasteiger partial charge on any atom is 0.192 e. The average Bonchev–Trinajstić information content (AvgIpc) is 2.71. The number of nitrogens with zero attached hydrogens (tertiary/aromatic N) is 2. The summed E-state index contributed by atoms with van der Waals surface area (Å²) in [5.41, 5.74) is 7.08. The molecular formula is C13H19N3O. The van der Waals surface area contributed by atoms with Gasteiger partial charge >= 0.3 is 0 Å². The van der Waals surface area contributed by atoms with E-state index in [0.717, 1.165) is 11.3 Å². The third-order valence-corrected chi connectivity index (χ3v) is 3.08. The standard InChI is InChI=1S/C13H19N3O/c1-9(2)16-11(8-15-13(16)14)10-6-4-5-7-12(10)17-3/h4-7,9,11H,8H2,1-3H3,(H2,14,15). The summed E-state index contributed by atoms with van der Waals surface area (Å²) in [7, 11) is 1.69. The number of guanidine groups is 1. The minimum Gasteiger partial charge on any atom is -0.496 e. The van der Waals surface area contributed by atoms with E-state index in [2.05, 4.69) is 29.8 Å². The van der Waals surface area contributed by atoms with Gasteiger partial charge in [-0.3, -0.25) is 4.99 Å². The van der Waals surface area contributed by atoms with Gasteiger partial charge in [-0.25, -0.2) is 0 Å². The fraction of sp³-hybridized carbons (Fsp3) is 0.462. The third kappa shape index (κ3) is 2.07. The van der Waals surface area contributed by atoms with Crippen LogP contribution in [0.1, 0.15) is 25.5 Å². The van der Waals surface area contributed by atoms with Gasteiger partial charge in [0.1, 0.15) is 5.75 Å². The van der Waals surface area contributed by atoms with Crippen molar-refractivity contribution in [1.29, 1.82) is 0 Å². The van der Waals surface area contributed by atoms with Crippen molar-refractivity contribution in [2.75, 3.05) is 13.7 Å². The molecule has 1 aromatic rings. The lowest BCUT2D eigenvalue weighted by molar-refractivity contribution is 0.282. The summed E-state index contributed by atoms with van der Waals surface area (Å²) in [6.45, 7) is 4.94. The van der Waals surface area contributed by atoms with Crippen LogP contribution in [0.2, 0.25) is 0 Å². The van der Waals surface area contributed by atoms with Gasteiger partial charge in [0.05, 0.1) is 19.7 Å². The first-order chi connectivity index (χ1) is 8.15. The molecule has 0 bridgehead atoms. The molecule has 0 saturated heterocycles. The third-order valence-electron chi connectivity index (χ3n) is 3.08. The Hall–Kier alpha value is -1.71. The van der Waals surface area contributed by atoms with E-state index in [4.69, 9.17) is 10.5 Å². The largest absolute Gasteiger partial charge is 0.496 e. The predicted molar refractivity (Wildman–Crippen MR) is 69.2 cm³/mol. The second-order valence-corrected chi connectivity index (χ2v) is 4.46. The highest BCUT2D eigenvalue weighted by Gasteiger charge is 2.31. The molecule has 1 aromatic carbocycles. The normalized spacial score (nSPS) is 19.6. The summed E-state index contributed by atoms with van der Waals surface area (Å²) < 4.78 is 5.40. The molecule has 0 spiro atoms. The van der Waals surface area contributed by atoms with Gasteiger partial charge in [-0.2, -0.15) is 0 Å². The van der Waals surface area contributed by atoms with Crippen molar-refractivity contribution in [1.82, 2.24) is 4.90 Å². The molecule has 2 rings (SSSR count). The fourth-order valence-corrected chi connectivity index (χ4v) is 2.32. The fourth-order valence-electron chi connectivity index (χ4n) is 2.32. The van der Waals surface area contributed by atoms with Gasteiger partial charge in [0, 0.05) is 11.6 Å². The van der Waals surface area contributed by atoms with Crippen LogP contribution in [0, 0.1) is 0 Å². The van der Waals surface area contributed by atoms with E-state index in [0.29, 0.717) is 18.5 Å². The number of para-hydroxylation sites is 1. The highest BCUT2D eigenvalue weighted by Crippen LogP contribution is 2.33. The molecular weight excluding hydrogens is 214 g/mol. The maximum atomic E-state index is 5.93. The molecule has 2 N–H and O–H groups in total. The maximum absolute atomic E-state index is 5.93. The zero-order chi connectivity index (χ0) is 12.4. The summed E-state index contributed by atoms with van der Waals surface area (Å²) in [5, 5.41) is 0. The number of benzene rings is 1. The number of rotatable bonds is 3. The first kappa shape index (κ1) is 11.8. The predicted octanol–water partition coefficient (Wildman–Crippen LogP) is 1.77. The van der Waals surface area contributed by atoms with Crippen LogP contribution in [-0.4, -0.2) is 30.6 Å². The van der Waals surface area contributed by atoms with Crippen molar-refractivity contribution in [3.8, 4) is 5.75 Å². The molecule has 0 saturated carbocycles. The summed E-state index contributed by atoms with van der Waals surface area (Å²) in [5.74, 6) is 1.52. The Morgan fingerprint density at radius 1 is 1.41 bits per heavy atom. The van der Waals surface area contributed by atoms with Crippen LogP contribution in [0.15, 0.2) is 29.3 Å². The second kappa shape index (κ2) is 4.65. The topological polar surface area (TPSA) is 50.9 Å². The molecule has 1 unspecified atom stereocenters. The van der Waals surface area contributed by atoms with Gasteiger partial charge in [0.15, 0.2) is 5.96 Å². The lowest BCUT2D eigenvalue weighted by atomic mass is 10.0. The Bertz CT molecular complexity index is 428. The van der Waals surface area contributed by atoms with E-state index in [1.54, 1.807) is 7.11 Å². The molecule has 1 atom stereocenters. The summed E-state index contributed by atoms with van der Waals surface area (Å²) >= 11 is 0. The lowest BCUT2D eigenvalue weighted by Gasteiger charge is -2.31. The van der Waals surface area contributed by atoms with Crippen LogP contribution < -0.4 is 10.5 Å². The van der Waals surface area contributed by atoms with E-state index < -0.39 is 0 Å². The van der Waals surface area contributed by atoms with E-state index in [1.807, 2.05) is 18.2 Å². The van der Waals surface area contributed by atoms with E-state index >= 15 is 0 Å². The average molecular weight is 233 g/mol. The Morgan fingerprint density at radius 3 is 2.76 bits per heavy atom. The number of hydrogen-bond acceptors (Lipinski definition) is 4. The van der Waals surface area contributed by atoms with Crippen LogP contribution in [0.25, 0.3) is 0 Å². The van der Waals surface area contributed by atoms with E-state index in [-0.39, 0.29) is 6.04 Å². The van der Waals surface area contributed by atoms with Crippen molar-refractivity contribution >= 4 is 5.96 Å². The van der Waals surface area contributed by atoms with Crippen LogP contribution in [0.3, 0.4) is 0 Å². The molecule has 0 fully saturated rings. The van der Waals surface area contributed by atoms with Gasteiger partial charge in [-0.05, 0) is 19.9 Å². The molecule has 1 aliphatic heterocycles. The van der Waals surface area contributed by atoms with Gasteiger partial charge in [0.2, 0.25) is 0 Å². The van der Waals surface area contributed by atoms with Crippen molar-refractivity contribution in [3.63, 3.8) is 0 Å². The Kier molecular flexibility index (Phi) is 3.22. The zero-order valence-corrected chi connectivity index (χ0v) is 10.6. The number of aliphatic imine (C=N–C) groups is 1. The molecule has 4 nitrogen and oxygen atoms in total. The van der Waals surface area contributed by atoms with Gasteiger partial charge in [0.25, 0.3) is 0 Å². The van der Waals surface area contributed by atoms with Gasteiger partial charge < -0.3 is 15.4 Å². The number of methoxy groups -OCH3 is 1. The SMILES string of the molecule is COc1ccccc1C1CN=C(N)N1C(C)C. The molecule has 0 aliphatic carbocycles. The summed E-state index contributed by atoms with van der Waals surface area (Å²) in [6, 6.07) is 8.56. The van der Waals surface area contributed by atoms with Crippen molar-refractivity contribution in [2.45, 2.75) is 25.9 Å². The molecule has 1 aliphatic rings. The molecule has 17 heavy (non-hydrogen) atoms. The highest BCUT2D eigenvalue weighted by molar-refractivity contribution is 5.80. The highest BCUT2D eigenvalue weighted by atomic mass is 16.5. The van der Waals surface area contributed by atoms with Crippen molar-refractivity contribution in [2.24, 2.45) is 10.7 Å². The minimum atomic E-state index is 0.186. The Balaban J connectivity index is 2.34. The van der Waals surface area contributed by atoms with Crippen LogP contribution in [0.4, 0.5) is 0 Å². The van der Waals surface area contributed by atoms with E-state index in [1.165, 1.54) is 0 Å². The molecule has 4 heteroatoms. The summed E-state index contributed by atoms with van der Waals surface area (Å²) in [4.78, 5) is 6.47. The number of nitrogens with two attached hydrogens (primary N) is 1. The molecule has 0 radical (unpaired) electrons. The zero-order valence-electron chi connectivity index (χ0n) is 10.6. The molecule has 0 aromatic heterocycles. The van der Waals surface area contributed by atoms with Crippen LogP contribution in [-0.2, 0) is 0 Å². The molecule has 1 heterocycles. The van der Waals surface area contributed by atoms with E-state index in [9.17, 15) is 0 Å². The quantitative estimate of drug-likeness (QED) is 0.865. The number of hydrogen-bond donors (Lipinski definition) is 1. The molecule has 0 amide bonds. The lowest BCUT2D eigenvalue weighted by Crippen LogP contribution is -2.41. The smallest absolute Gasteiger partial charge is 0.192 e. The summed E-state index contributed by atoms with van der Waals surface area (Å²) in [6.07, 6.45) is 0. The Morgan fingerprint density at radius 2 is 2.12 bits per heavy atom. The van der Waals surface area contributed by atoms with Crippen molar-refractivity contribution in [3.05, 3.63) is 29.8 Å². The monoisotopic (exact) mass is 233 g/mol. The van der Waals surface area contributed by atoms with Gasteiger partial charge in [-0.15, -0.1) is 0 Å². The second-order valence-electron chi connectivity index (χ2n) is 4.46. The number of ether oxygens (including phenoxy) is 1. The van der Waals surface area contributed by atoms with Crippen LogP contribution >= 0.6 is 0 Å². The van der Waals surface area contributed by atoms with Crippen molar-refractivity contribution < 1.29 is 4.74 Å². The Labute approximate surface area is 102 Å². The first-order valence-corrected chi connectivity index (χ1v) is 5.86. The van der Waals surface area contributed by atoms with Gasteiger partial charge in [-0.1, -0.05) is 18.2 Å².